The first-order valence-electron chi connectivity index (χ1n) is 8.85. The Morgan fingerprint density at radius 2 is 1.89 bits per heavy atom. The maximum atomic E-state index is 12.7. The number of rotatable bonds is 5. The molecule has 0 saturated carbocycles. The van der Waals surface area contributed by atoms with E-state index >= 15 is 0 Å². The summed E-state index contributed by atoms with van der Waals surface area (Å²) in [5, 5.41) is 9.67. The van der Waals surface area contributed by atoms with Crippen LogP contribution in [0, 0.1) is 17.2 Å². The fourth-order valence-corrected chi connectivity index (χ4v) is 3.18. The third-order valence-corrected chi connectivity index (χ3v) is 4.93. The van der Waals surface area contributed by atoms with Crippen molar-refractivity contribution in [3.63, 3.8) is 0 Å². The van der Waals surface area contributed by atoms with Gasteiger partial charge >= 0.3 is 0 Å². The number of hydrogen-bond acceptors (Lipinski definition) is 4. The second-order valence-electron chi connectivity index (χ2n) is 6.48. The molecule has 0 radical (unpaired) electrons. The predicted octanol–water partition coefficient (Wildman–Crippen LogP) is 4.30. The molecular weight excluding hydrogens is 364 g/mol. The standard InChI is InChI=1S/C21H21ClN2O3/c1-26-20-12-17(21(25)24-10-8-15(13-23)9-11-24)4-7-19(20)27-14-16-2-5-18(22)6-3-16/h2-7,12,15H,8-11,14H2,1H3. The van der Waals surface area contributed by atoms with Crippen molar-refractivity contribution in [1.82, 2.24) is 4.90 Å². The largest absolute Gasteiger partial charge is 0.493 e. The number of ether oxygens (including phenoxy) is 2. The summed E-state index contributed by atoms with van der Waals surface area (Å²) >= 11 is 5.89. The first kappa shape index (κ1) is 19.1. The molecule has 0 aromatic heterocycles. The van der Waals surface area contributed by atoms with Gasteiger partial charge in [-0.2, -0.15) is 5.26 Å². The molecule has 1 amide bonds. The Bertz CT molecular complexity index is 837. The van der Waals surface area contributed by atoms with E-state index in [2.05, 4.69) is 6.07 Å². The second kappa shape index (κ2) is 8.79. The van der Waals surface area contributed by atoms with E-state index in [0.717, 1.165) is 18.4 Å². The molecule has 27 heavy (non-hydrogen) atoms. The van der Waals surface area contributed by atoms with Crippen LogP contribution >= 0.6 is 11.6 Å². The normalized spacial score (nSPS) is 14.5. The number of nitriles is 1. The van der Waals surface area contributed by atoms with Crippen molar-refractivity contribution in [2.24, 2.45) is 5.92 Å². The fourth-order valence-electron chi connectivity index (χ4n) is 3.06. The average Bonchev–Trinajstić information content (AvgIpc) is 2.72. The highest BCUT2D eigenvalue weighted by molar-refractivity contribution is 6.30. The number of benzene rings is 2. The van der Waals surface area contributed by atoms with Gasteiger partial charge in [-0.25, -0.2) is 0 Å². The van der Waals surface area contributed by atoms with E-state index in [-0.39, 0.29) is 11.8 Å². The van der Waals surface area contributed by atoms with Crippen LogP contribution in [0.3, 0.4) is 0 Å². The number of piperidine rings is 1. The summed E-state index contributed by atoms with van der Waals surface area (Å²) in [5.74, 6) is 1.09. The highest BCUT2D eigenvalue weighted by atomic mass is 35.5. The zero-order valence-electron chi connectivity index (χ0n) is 15.2. The molecule has 0 aliphatic carbocycles. The summed E-state index contributed by atoms with van der Waals surface area (Å²) in [5.41, 5.74) is 1.54. The van der Waals surface area contributed by atoms with Gasteiger partial charge in [0.25, 0.3) is 5.91 Å². The Hall–Kier alpha value is -2.71. The Kier molecular flexibility index (Phi) is 6.20. The van der Waals surface area contributed by atoms with Crippen LogP contribution in [0.15, 0.2) is 42.5 Å². The van der Waals surface area contributed by atoms with Gasteiger partial charge in [0, 0.05) is 29.6 Å². The molecule has 140 valence electrons. The summed E-state index contributed by atoms with van der Waals surface area (Å²) in [7, 11) is 1.55. The molecule has 1 heterocycles. The molecule has 6 heteroatoms. The van der Waals surface area contributed by atoms with E-state index in [1.807, 2.05) is 24.3 Å². The topological polar surface area (TPSA) is 62.6 Å². The predicted molar refractivity (Wildman–Crippen MR) is 103 cm³/mol. The number of methoxy groups -OCH3 is 1. The zero-order valence-corrected chi connectivity index (χ0v) is 15.9. The van der Waals surface area contributed by atoms with Crippen molar-refractivity contribution in [3.05, 3.63) is 58.6 Å². The lowest BCUT2D eigenvalue weighted by molar-refractivity contribution is 0.0707. The molecule has 0 spiro atoms. The number of likely N-dealkylation sites (tertiary alicyclic amines) is 1. The number of amides is 1. The highest BCUT2D eigenvalue weighted by Gasteiger charge is 2.24. The lowest BCUT2D eigenvalue weighted by Crippen LogP contribution is -2.38. The zero-order chi connectivity index (χ0) is 19.2. The van der Waals surface area contributed by atoms with E-state index in [0.29, 0.717) is 41.8 Å². The van der Waals surface area contributed by atoms with Gasteiger partial charge in [-0.1, -0.05) is 23.7 Å². The number of halogens is 1. The highest BCUT2D eigenvalue weighted by Crippen LogP contribution is 2.30. The second-order valence-corrected chi connectivity index (χ2v) is 6.91. The minimum atomic E-state index is -0.0473. The Morgan fingerprint density at radius 3 is 2.52 bits per heavy atom. The van der Waals surface area contributed by atoms with Crippen molar-refractivity contribution >= 4 is 17.5 Å². The molecule has 3 rings (SSSR count). The van der Waals surface area contributed by atoms with Gasteiger partial charge in [-0.05, 0) is 48.7 Å². The summed E-state index contributed by atoms with van der Waals surface area (Å²) in [6, 6.07) is 14.9. The molecule has 0 atom stereocenters. The Morgan fingerprint density at radius 1 is 1.19 bits per heavy atom. The van der Waals surface area contributed by atoms with Crippen LogP contribution in [0.2, 0.25) is 5.02 Å². The van der Waals surface area contributed by atoms with Gasteiger partial charge in [0.1, 0.15) is 6.61 Å². The van der Waals surface area contributed by atoms with Crippen molar-refractivity contribution < 1.29 is 14.3 Å². The van der Waals surface area contributed by atoms with Gasteiger partial charge < -0.3 is 14.4 Å². The SMILES string of the molecule is COc1cc(C(=O)N2CCC(C#N)CC2)ccc1OCc1ccc(Cl)cc1. The summed E-state index contributed by atoms with van der Waals surface area (Å²) in [6.45, 7) is 1.59. The number of nitrogens with zero attached hydrogens (tertiary/aromatic N) is 2. The molecule has 1 aliphatic rings. The van der Waals surface area contributed by atoms with E-state index in [1.54, 1.807) is 30.2 Å². The van der Waals surface area contributed by atoms with Gasteiger partial charge in [0.05, 0.1) is 13.2 Å². The van der Waals surface area contributed by atoms with Crippen LogP contribution in [-0.2, 0) is 6.61 Å². The van der Waals surface area contributed by atoms with E-state index < -0.39 is 0 Å². The minimum absolute atomic E-state index is 0.0473. The smallest absolute Gasteiger partial charge is 0.253 e. The third kappa shape index (κ3) is 4.72. The third-order valence-electron chi connectivity index (χ3n) is 4.68. The van der Waals surface area contributed by atoms with Gasteiger partial charge in [0.15, 0.2) is 11.5 Å². The molecule has 5 nitrogen and oxygen atoms in total. The van der Waals surface area contributed by atoms with Gasteiger partial charge in [-0.3, -0.25) is 4.79 Å². The van der Waals surface area contributed by atoms with E-state index in [9.17, 15) is 4.79 Å². The van der Waals surface area contributed by atoms with Crippen LogP contribution in [0.4, 0.5) is 0 Å². The molecule has 0 bridgehead atoms. The monoisotopic (exact) mass is 384 g/mol. The van der Waals surface area contributed by atoms with Crippen LogP contribution in [-0.4, -0.2) is 31.0 Å². The van der Waals surface area contributed by atoms with Crippen LogP contribution in [0.5, 0.6) is 11.5 Å². The summed E-state index contributed by atoms with van der Waals surface area (Å²) in [6.07, 6.45) is 1.45. The molecule has 1 fully saturated rings. The first-order chi connectivity index (χ1) is 13.1. The van der Waals surface area contributed by atoms with Crippen LogP contribution in [0.1, 0.15) is 28.8 Å². The van der Waals surface area contributed by atoms with Crippen molar-refractivity contribution in [2.75, 3.05) is 20.2 Å². The van der Waals surface area contributed by atoms with Gasteiger partial charge in [-0.15, -0.1) is 0 Å². The van der Waals surface area contributed by atoms with E-state index in [4.69, 9.17) is 26.3 Å². The molecule has 1 aliphatic heterocycles. The van der Waals surface area contributed by atoms with Crippen molar-refractivity contribution in [3.8, 4) is 17.6 Å². The minimum Gasteiger partial charge on any atom is -0.493 e. The quantitative estimate of drug-likeness (QED) is 0.770. The van der Waals surface area contributed by atoms with E-state index in [1.165, 1.54) is 0 Å². The molecule has 2 aromatic rings. The molecule has 0 unspecified atom stereocenters. The molecule has 0 N–H and O–H groups in total. The number of hydrogen-bond donors (Lipinski definition) is 0. The summed E-state index contributed by atoms with van der Waals surface area (Å²) < 4.78 is 11.2. The maximum Gasteiger partial charge on any atom is 0.253 e. The molecule has 2 aromatic carbocycles. The van der Waals surface area contributed by atoms with Crippen LogP contribution < -0.4 is 9.47 Å². The Labute approximate surface area is 164 Å². The lowest BCUT2D eigenvalue weighted by atomic mass is 9.98. The van der Waals surface area contributed by atoms with Crippen molar-refractivity contribution in [2.45, 2.75) is 19.4 Å². The average molecular weight is 385 g/mol. The number of carbonyl (C=O) groups is 1. The maximum absolute atomic E-state index is 12.7. The van der Waals surface area contributed by atoms with Crippen LogP contribution in [0.25, 0.3) is 0 Å². The summed E-state index contributed by atoms with van der Waals surface area (Å²) in [4.78, 5) is 14.5. The van der Waals surface area contributed by atoms with Gasteiger partial charge in [0.2, 0.25) is 0 Å². The number of carbonyl (C=O) groups excluding carboxylic acids is 1. The lowest BCUT2D eigenvalue weighted by Gasteiger charge is -2.29. The van der Waals surface area contributed by atoms with Crippen molar-refractivity contribution in [1.29, 1.82) is 5.26 Å². The fraction of sp³-hybridized carbons (Fsp3) is 0.333. The first-order valence-corrected chi connectivity index (χ1v) is 9.22. The Balaban J connectivity index is 1.67. The molecule has 1 saturated heterocycles. The molecular formula is C21H21ClN2O3.